The molecule has 0 atom stereocenters. The van der Waals surface area contributed by atoms with Gasteiger partial charge in [-0.15, -0.1) is 11.8 Å². The van der Waals surface area contributed by atoms with Gasteiger partial charge in [0.15, 0.2) is 0 Å². The van der Waals surface area contributed by atoms with Gasteiger partial charge in [-0.05, 0) is 61.4 Å². The normalized spacial score (nSPS) is 11.8. The number of imidazole rings is 1. The zero-order chi connectivity index (χ0) is 22.0. The van der Waals surface area contributed by atoms with Crippen molar-refractivity contribution in [2.45, 2.75) is 30.7 Å². The third-order valence-electron chi connectivity index (χ3n) is 4.92. The molecule has 31 heavy (non-hydrogen) atoms. The van der Waals surface area contributed by atoms with Crippen molar-refractivity contribution in [1.82, 2.24) is 9.97 Å². The molecular weight excluding hydrogens is 421 g/mol. The number of aromatic amines is 1. The van der Waals surface area contributed by atoms with Crippen LogP contribution < -0.4 is 4.74 Å². The quantitative estimate of drug-likeness (QED) is 0.320. The SMILES string of the molecule is CCOc1ccc(SCc2cccc3[nH]c(-c4ccc(C(F)(F)F)cc4)nc23)cc1C. The van der Waals surface area contributed by atoms with Crippen LogP contribution >= 0.6 is 11.8 Å². The van der Waals surface area contributed by atoms with Crippen LogP contribution in [0, 0.1) is 6.92 Å². The lowest BCUT2D eigenvalue weighted by Crippen LogP contribution is -2.04. The van der Waals surface area contributed by atoms with E-state index in [2.05, 4.69) is 16.0 Å². The lowest BCUT2D eigenvalue weighted by Gasteiger charge is -2.09. The highest BCUT2D eigenvalue weighted by atomic mass is 32.2. The smallest absolute Gasteiger partial charge is 0.416 e. The summed E-state index contributed by atoms with van der Waals surface area (Å²) < 4.78 is 44.1. The largest absolute Gasteiger partial charge is 0.494 e. The molecule has 0 aliphatic carbocycles. The second-order valence-electron chi connectivity index (χ2n) is 7.12. The number of fused-ring (bicyclic) bond motifs is 1. The number of nitrogens with one attached hydrogen (secondary N) is 1. The highest BCUT2D eigenvalue weighted by Crippen LogP contribution is 2.33. The maximum atomic E-state index is 12.8. The summed E-state index contributed by atoms with van der Waals surface area (Å²) in [6.07, 6.45) is -4.35. The zero-order valence-electron chi connectivity index (χ0n) is 17.1. The van der Waals surface area contributed by atoms with Crippen molar-refractivity contribution in [2.24, 2.45) is 0 Å². The molecule has 1 N–H and O–H groups in total. The minimum atomic E-state index is -4.35. The van der Waals surface area contributed by atoms with Crippen LogP contribution in [0.5, 0.6) is 5.75 Å². The lowest BCUT2D eigenvalue weighted by molar-refractivity contribution is -0.137. The van der Waals surface area contributed by atoms with Crippen molar-refractivity contribution in [2.75, 3.05) is 6.61 Å². The summed E-state index contributed by atoms with van der Waals surface area (Å²) in [5, 5.41) is 0. The third-order valence-corrected chi connectivity index (χ3v) is 5.97. The summed E-state index contributed by atoms with van der Waals surface area (Å²) in [7, 11) is 0. The predicted molar refractivity (Wildman–Crippen MR) is 118 cm³/mol. The van der Waals surface area contributed by atoms with Crippen molar-refractivity contribution in [3.8, 4) is 17.1 Å². The number of aryl methyl sites for hydroxylation is 1. The molecule has 0 spiro atoms. The summed E-state index contributed by atoms with van der Waals surface area (Å²) in [6.45, 7) is 4.63. The number of aromatic nitrogens is 2. The first kappa shape index (κ1) is 21.3. The molecule has 0 radical (unpaired) electrons. The van der Waals surface area contributed by atoms with Crippen LogP contribution in [-0.4, -0.2) is 16.6 Å². The van der Waals surface area contributed by atoms with E-state index in [1.165, 1.54) is 12.1 Å². The van der Waals surface area contributed by atoms with Crippen LogP contribution in [0.4, 0.5) is 13.2 Å². The van der Waals surface area contributed by atoms with Crippen LogP contribution in [0.3, 0.4) is 0 Å². The van der Waals surface area contributed by atoms with Gasteiger partial charge in [-0.1, -0.05) is 24.3 Å². The molecule has 0 amide bonds. The summed E-state index contributed by atoms with van der Waals surface area (Å²) in [5.74, 6) is 2.17. The van der Waals surface area contributed by atoms with Gasteiger partial charge in [0.05, 0.1) is 23.2 Å². The summed E-state index contributed by atoms with van der Waals surface area (Å²) in [5.41, 5.74) is 3.78. The Balaban J connectivity index is 1.56. The van der Waals surface area contributed by atoms with Gasteiger partial charge in [-0.2, -0.15) is 13.2 Å². The summed E-state index contributed by atoms with van der Waals surface area (Å²) in [4.78, 5) is 9.03. The number of ether oxygens (including phenoxy) is 1. The first-order valence-electron chi connectivity index (χ1n) is 9.86. The minimum Gasteiger partial charge on any atom is -0.494 e. The molecule has 0 aliphatic rings. The Morgan fingerprint density at radius 2 is 1.81 bits per heavy atom. The predicted octanol–water partition coefficient (Wildman–Crippen LogP) is 7.25. The zero-order valence-corrected chi connectivity index (χ0v) is 17.9. The van der Waals surface area contributed by atoms with E-state index in [4.69, 9.17) is 4.74 Å². The van der Waals surface area contributed by atoms with Crippen molar-refractivity contribution in [1.29, 1.82) is 0 Å². The van der Waals surface area contributed by atoms with E-state index in [1.807, 2.05) is 44.2 Å². The van der Waals surface area contributed by atoms with Crippen molar-refractivity contribution < 1.29 is 17.9 Å². The van der Waals surface area contributed by atoms with E-state index in [9.17, 15) is 13.2 Å². The van der Waals surface area contributed by atoms with Crippen molar-refractivity contribution >= 4 is 22.8 Å². The number of rotatable bonds is 6. The summed E-state index contributed by atoms with van der Waals surface area (Å²) in [6, 6.07) is 17.1. The van der Waals surface area contributed by atoms with Crippen molar-refractivity contribution in [3.63, 3.8) is 0 Å². The van der Waals surface area contributed by atoms with Crippen LogP contribution in [0.2, 0.25) is 0 Å². The maximum absolute atomic E-state index is 12.8. The molecule has 4 rings (SSSR count). The van der Waals surface area contributed by atoms with E-state index in [1.54, 1.807) is 11.8 Å². The van der Waals surface area contributed by atoms with E-state index >= 15 is 0 Å². The Hall–Kier alpha value is -2.93. The summed E-state index contributed by atoms with van der Waals surface area (Å²) >= 11 is 1.70. The van der Waals surface area contributed by atoms with Gasteiger partial charge in [0, 0.05) is 16.2 Å². The molecule has 0 saturated carbocycles. The Bertz CT molecular complexity index is 1200. The molecule has 3 aromatic carbocycles. The Labute approximate surface area is 182 Å². The number of para-hydroxylation sites is 1. The van der Waals surface area contributed by atoms with E-state index in [0.717, 1.165) is 50.7 Å². The Morgan fingerprint density at radius 3 is 2.48 bits per heavy atom. The number of alkyl halides is 3. The highest BCUT2D eigenvalue weighted by Gasteiger charge is 2.30. The number of H-pyrrole nitrogens is 1. The molecule has 7 heteroatoms. The van der Waals surface area contributed by atoms with Crippen LogP contribution in [0.1, 0.15) is 23.6 Å². The number of halogens is 3. The van der Waals surface area contributed by atoms with Crippen molar-refractivity contribution in [3.05, 3.63) is 77.4 Å². The number of benzene rings is 3. The monoisotopic (exact) mass is 442 g/mol. The van der Waals surface area contributed by atoms with Gasteiger partial charge in [0.1, 0.15) is 11.6 Å². The molecule has 0 unspecified atom stereocenters. The van der Waals surface area contributed by atoms with Gasteiger partial charge < -0.3 is 9.72 Å². The molecule has 0 saturated heterocycles. The molecule has 4 aromatic rings. The molecular formula is C24H21F3N2OS. The molecule has 1 aromatic heterocycles. The average Bonchev–Trinajstić information content (AvgIpc) is 3.18. The molecule has 1 heterocycles. The minimum absolute atomic E-state index is 0.554. The fourth-order valence-corrected chi connectivity index (χ4v) is 4.33. The van der Waals surface area contributed by atoms with Crippen LogP contribution in [0.25, 0.3) is 22.4 Å². The Morgan fingerprint density at radius 1 is 1.03 bits per heavy atom. The topological polar surface area (TPSA) is 37.9 Å². The molecule has 0 fully saturated rings. The number of nitrogens with zero attached hydrogens (tertiary/aromatic N) is 1. The highest BCUT2D eigenvalue weighted by molar-refractivity contribution is 7.98. The first-order chi connectivity index (χ1) is 14.8. The molecule has 160 valence electrons. The first-order valence-corrected chi connectivity index (χ1v) is 10.8. The van der Waals surface area contributed by atoms with Gasteiger partial charge in [-0.3, -0.25) is 0 Å². The van der Waals surface area contributed by atoms with E-state index in [-0.39, 0.29) is 0 Å². The second-order valence-corrected chi connectivity index (χ2v) is 8.17. The number of hydrogen-bond donors (Lipinski definition) is 1. The fraction of sp³-hybridized carbons (Fsp3) is 0.208. The molecule has 3 nitrogen and oxygen atoms in total. The number of thioether (sulfide) groups is 1. The Kier molecular flexibility index (Phi) is 5.96. The third kappa shape index (κ3) is 4.71. The van der Waals surface area contributed by atoms with Gasteiger partial charge in [0.2, 0.25) is 0 Å². The van der Waals surface area contributed by atoms with Crippen LogP contribution in [-0.2, 0) is 11.9 Å². The van der Waals surface area contributed by atoms with Gasteiger partial charge in [0.25, 0.3) is 0 Å². The van der Waals surface area contributed by atoms with E-state index < -0.39 is 11.7 Å². The van der Waals surface area contributed by atoms with Gasteiger partial charge >= 0.3 is 6.18 Å². The maximum Gasteiger partial charge on any atom is 0.416 e. The lowest BCUT2D eigenvalue weighted by atomic mass is 10.1. The average molecular weight is 443 g/mol. The standard InChI is InChI=1S/C24H21F3N2OS/c1-3-30-21-12-11-19(13-15(21)2)31-14-17-5-4-6-20-22(17)29-23(28-20)16-7-9-18(10-8-16)24(25,26)27/h4-13H,3,14H2,1-2H3,(H,28,29). The fourth-order valence-electron chi connectivity index (χ4n) is 3.35. The van der Waals surface area contributed by atoms with Crippen LogP contribution in [0.15, 0.2) is 65.6 Å². The second kappa shape index (κ2) is 8.67. The van der Waals surface area contributed by atoms with E-state index in [0.29, 0.717) is 18.0 Å². The molecule has 0 bridgehead atoms. The number of hydrogen-bond acceptors (Lipinski definition) is 3. The van der Waals surface area contributed by atoms with Gasteiger partial charge in [-0.25, -0.2) is 4.98 Å². The molecule has 0 aliphatic heterocycles.